The Labute approximate surface area is 180 Å². The third-order valence-electron chi connectivity index (χ3n) is 5.88. The highest BCUT2D eigenvalue weighted by Gasteiger charge is 2.56. The molecule has 1 aromatic carbocycles. The Morgan fingerprint density at radius 1 is 1.14 bits per heavy atom. The number of aromatic nitrogens is 1. The molecule has 0 spiro atoms. The average molecular weight is 442 g/mol. The van der Waals surface area contributed by atoms with Crippen molar-refractivity contribution in [3.63, 3.8) is 0 Å². The summed E-state index contributed by atoms with van der Waals surface area (Å²) in [5.41, 5.74) is 0.757. The van der Waals surface area contributed by atoms with Crippen LogP contribution in [0.1, 0.15) is 19.8 Å². The quantitative estimate of drug-likeness (QED) is 0.579. The van der Waals surface area contributed by atoms with Crippen LogP contribution in [0.4, 0.5) is 5.69 Å². The number of hydrogen-bond donors (Lipinski definition) is 0. The first-order valence-corrected chi connectivity index (χ1v) is 10.8. The number of aryl methyl sites for hydroxylation is 1. The molecular formula is C21H23Cl3N2O2. The van der Waals surface area contributed by atoms with Gasteiger partial charge in [0.05, 0.1) is 17.3 Å². The minimum absolute atomic E-state index is 0.0938. The van der Waals surface area contributed by atoms with E-state index in [1.165, 1.54) is 0 Å². The van der Waals surface area contributed by atoms with Crippen molar-refractivity contribution < 1.29 is 4.74 Å². The minimum Gasteiger partial charge on any atom is -0.492 e. The topological polar surface area (TPSA) is 34.5 Å². The van der Waals surface area contributed by atoms with E-state index in [0.717, 1.165) is 31.6 Å². The Morgan fingerprint density at radius 3 is 2.61 bits per heavy atom. The van der Waals surface area contributed by atoms with Gasteiger partial charge in [0.15, 0.2) is 0 Å². The summed E-state index contributed by atoms with van der Waals surface area (Å²) in [6.45, 7) is 5.26. The van der Waals surface area contributed by atoms with Crippen molar-refractivity contribution in [2.24, 2.45) is 17.8 Å². The Bertz CT molecular complexity index is 918. The molecule has 1 saturated heterocycles. The number of hydrogen-bond acceptors (Lipinski definition) is 3. The number of halogens is 3. The largest absolute Gasteiger partial charge is 0.492 e. The van der Waals surface area contributed by atoms with Crippen molar-refractivity contribution in [2.75, 3.05) is 24.6 Å². The number of rotatable bonds is 7. The van der Waals surface area contributed by atoms with Gasteiger partial charge in [-0.05, 0) is 36.5 Å². The number of benzene rings is 1. The van der Waals surface area contributed by atoms with Crippen LogP contribution in [0.25, 0.3) is 0 Å². The van der Waals surface area contributed by atoms with Gasteiger partial charge in [-0.1, -0.05) is 48.1 Å². The van der Waals surface area contributed by atoms with Crippen molar-refractivity contribution in [2.45, 2.75) is 26.3 Å². The van der Waals surface area contributed by atoms with Crippen LogP contribution in [-0.4, -0.2) is 24.3 Å². The first-order chi connectivity index (χ1) is 13.5. The molecule has 3 atom stereocenters. The van der Waals surface area contributed by atoms with Gasteiger partial charge in [0.2, 0.25) is 0 Å². The van der Waals surface area contributed by atoms with Crippen LogP contribution in [0.15, 0.2) is 35.3 Å². The van der Waals surface area contributed by atoms with Crippen LogP contribution < -0.4 is 15.2 Å². The zero-order valence-corrected chi connectivity index (χ0v) is 18.0. The molecule has 2 aromatic rings. The molecule has 4 nitrogen and oxygen atoms in total. The second-order valence-corrected chi connectivity index (χ2v) is 8.87. The molecule has 0 radical (unpaired) electrons. The lowest BCUT2D eigenvalue weighted by atomic mass is 10.2. The maximum absolute atomic E-state index is 12.5. The molecule has 0 amide bonds. The Morgan fingerprint density at radius 2 is 1.89 bits per heavy atom. The van der Waals surface area contributed by atoms with E-state index in [1.54, 1.807) is 22.8 Å². The summed E-state index contributed by atoms with van der Waals surface area (Å²) in [5.74, 6) is 2.28. The molecule has 1 aromatic heterocycles. The van der Waals surface area contributed by atoms with E-state index >= 15 is 0 Å². The van der Waals surface area contributed by atoms with Crippen molar-refractivity contribution in [3.05, 3.63) is 55.9 Å². The standard InChI is InChI=1S/C21H23Cl3N2O2/c1-2-3-7-25-8-6-18(20(24)21(25)27)26-10-14-15(11-26)16(14)12-28-19-9-13(22)4-5-17(19)23/h4-6,8-9,14-16H,2-3,7,10-12H2,1H3/t14-,15+,16+. The van der Waals surface area contributed by atoms with Gasteiger partial charge in [-0.2, -0.15) is 0 Å². The lowest BCUT2D eigenvalue weighted by Crippen LogP contribution is -2.29. The summed E-state index contributed by atoms with van der Waals surface area (Å²) >= 11 is 18.6. The Balaban J connectivity index is 1.35. The molecule has 7 heteroatoms. The summed E-state index contributed by atoms with van der Waals surface area (Å²) in [4.78, 5) is 14.7. The van der Waals surface area contributed by atoms with E-state index in [0.29, 0.717) is 51.7 Å². The molecule has 1 aliphatic heterocycles. The number of nitrogens with zero attached hydrogens (tertiary/aromatic N) is 2. The number of piperidine rings is 1. The maximum atomic E-state index is 12.5. The first-order valence-electron chi connectivity index (χ1n) is 9.71. The zero-order valence-electron chi connectivity index (χ0n) is 15.7. The fraction of sp³-hybridized carbons (Fsp3) is 0.476. The van der Waals surface area contributed by atoms with Gasteiger partial charge in [-0.25, -0.2) is 0 Å². The number of unbranched alkanes of at least 4 members (excludes halogenated alkanes) is 1. The van der Waals surface area contributed by atoms with Crippen LogP contribution in [0.5, 0.6) is 5.75 Å². The monoisotopic (exact) mass is 440 g/mol. The second-order valence-electron chi connectivity index (χ2n) is 7.65. The fourth-order valence-corrected chi connectivity index (χ4v) is 4.78. The molecule has 28 heavy (non-hydrogen) atoms. The van der Waals surface area contributed by atoms with Crippen molar-refractivity contribution in [3.8, 4) is 5.75 Å². The molecule has 0 N–H and O–H groups in total. The SMILES string of the molecule is CCCCn1ccc(N2C[C@@H]3[C@@H](COc4cc(Cl)ccc4Cl)[C@@H]3C2)c(Cl)c1=O. The minimum atomic E-state index is -0.0938. The number of fused-ring (bicyclic) bond motifs is 1. The van der Waals surface area contributed by atoms with Crippen molar-refractivity contribution in [1.29, 1.82) is 0 Å². The van der Waals surface area contributed by atoms with Crippen LogP contribution in [0, 0.1) is 17.8 Å². The van der Waals surface area contributed by atoms with Crippen LogP contribution in [-0.2, 0) is 6.54 Å². The molecule has 2 aliphatic rings. The van der Waals surface area contributed by atoms with Gasteiger partial charge in [0.1, 0.15) is 10.8 Å². The predicted octanol–water partition coefficient (Wildman–Crippen LogP) is 5.37. The molecule has 2 heterocycles. The van der Waals surface area contributed by atoms with Crippen LogP contribution in [0.2, 0.25) is 15.1 Å². The molecule has 150 valence electrons. The number of pyridine rings is 1. The third kappa shape index (κ3) is 3.87. The van der Waals surface area contributed by atoms with Crippen molar-refractivity contribution in [1.82, 2.24) is 4.57 Å². The van der Waals surface area contributed by atoms with E-state index in [2.05, 4.69) is 11.8 Å². The van der Waals surface area contributed by atoms with Gasteiger partial charge in [-0.15, -0.1) is 0 Å². The van der Waals surface area contributed by atoms with Gasteiger partial charge in [0, 0.05) is 42.8 Å². The molecule has 0 bridgehead atoms. The number of ether oxygens (including phenoxy) is 1. The summed E-state index contributed by atoms with van der Waals surface area (Å²) < 4.78 is 7.61. The highest BCUT2D eigenvalue weighted by molar-refractivity contribution is 6.34. The average Bonchev–Trinajstić information content (AvgIpc) is 3.13. The second kappa shape index (κ2) is 8.17. The van der Waals surface area contributed by atoms with Gasteiger partial charge in [0.25, 0.3) is 5.56 Å². The normalized spacial score (nSPS) is 23.0. The lowest BCUT2D eigenvalue weighted by molar-refractivity contribution is 0.283. The van der Waals surface area contributed by atoms with E-state index < -0.39 is 0 Å². The maximum Gasteiger partial charge on any atom is 0.271 e. The molecule has 2 fully saturated rings. The summed E-state index contributed by atoms with van der Waals surface area (Å²) in [6, 6.07) is 7.22. The van der Waals surface area contributed by atoms with Crippen LogP contribution in [0.3, 0.4) is 0 Å². The van der Waals surface area contributed by atoms with Crippen LogP contribution >= 0.6 is 34.8 Å². The molecule has 1 saturated carbocycles. The molecule has 4 rings (SSSR count). The highest BCUT2D eigenvalue weighted by Crippen LogP contribution is 2.53. The molecule has 0 unspecified atom stereocenters. The van der Waals surface area contributed by atoms with E-state index in [1.807, 2.05) is 12.3 Å². The van der Waals surface area contributed by atoms with E-state index in [9.17, 15) is 4.79 Å². The predicted molar refractivity (Wildman–Crippen MR) is 115 cm³/mol. The van der Waals surface area contributed by atoms with Gasteiger partial charge in [-0.3, -0.25) is 4.79 Å². The van der Waals surface area contributed by atoms with Gasteiger partial charge >= 0.3 is 0 Å². The fourth-order valence-electron chi connectivity index (χ4n) is 4.15. The number of anilines is 1. The Kier molecular flexibility index (Phi) is 5.82. The third-order valence-corrected chi connectivity index (χ3v) is 6.78. The van der Waals surface area contributed by atoms with Crippen molar-refractivity contribution >= 4 is 40.5 Å². The Hall–Kier alpha value is -1.36. The lowest BCUT2D eigenvalue weighted by Gasteiger charge is -2.23. The molecular weight excluding hydrogens is 419 g/mol. The van der Waals surface area contributed by atoms with E-state index in [-0.39, 0.29) is 5.56 Å². The summed E-state index contributed by atoms with van der Waals surface area (Å²) in [6.07, 6.45) is 3.89. The first kappa shape index (κ1) is 19.9. The van der Waals surface area contributed by atoms with E-state index in [4.69, 9.17) is 39.5 Å². The van der Waals surface area contributed by atoms with Gasteiger partial charge < -0.3 is 14.2 Å². The summed E-state index contributed by atoms with van der Waals surface area (Å²) in [7, 11) is 0. The smallest absolute Gasteiger partial charge is 0.271 e. The molecule has 1 aliphatic carbocycles. The summed E-state index contributed by atoms with van der Waals surface area (Å²) in [5, 5.41) is 1.52. The zero-order chi connectivity index (χ0) is 19.8. The highest BCUT2D eigenvalue weighted by atomic mass is 35.5.